The van der Waals surface area contributed by atoms with Gasteiger partial charge in [-0.3, -0.25) is 0 Å². The third kappa shape index (κ3) is 1.70. The van der Waals surface area contributed by atoms with Crippen LogP contribution in [0.5, 0.6) is 5.75 Å². The van der Waals surface area contributed by atoms with E-state index in [0.717, 1.165) is 37.2 Å². The van der Waals surface area contributed by atoms with Crippen molar-refractivity contribution in [1.29, 1.82) is 0 Å². The predicted octanol–water partition coefficient (Wildman–Crippen LogP) is 1.91. The molecule has 15 heavy (non-hydrogen) atoms. The quantitative estimate of drug-likeness (QED) is 0.734. The average molecular weight is 230 g/mol. The molecule has 1 aromatic rings. The summed E-state index contributed by atoms with van der Waals surface area (Å²) in [6, 6.07) is 4.78. The third-order valence-electron chi connectivity index (χ3n) is 3.09. The van der Waals surface area contributed by atoms with Crippen molar-refractivity contribution < 1.29 is 9.13 Å². The molecule has 0 amide bonds. The summed E-state index contributed by atoms with van der Waals surface area (Å²) in [6.45, 7) is 1.84. The van der Waals surface area contributed by atoms with Crippen LogP contribution in [0.25, 0.3) is 0 Å². The first-order valence-corrected chi connectivity index (χ1v) is 4.96. The molecule has 1 aromatic carbocycles. The van der Waals surface area contributed by atoms with Gasteiger partial charge in [0.15, 0.2) is 0 Å². The maximum atomic E-state index is 12.9. The lowest BCUT2D eigenvalue weighted by Crippen LogP contribution is -2.64. The molecule has 82 valence electrons. The number of benzene rings is 1. The van der Waals surface area contributed by atoms with E-state index in [9.17, 15) is 4.39 Å². The molecule has 2 aliphatic rings. The van der Waals surface area contributed by atoms with E-state index in [1.807, 2.05) is 0 Å². The number of hydrogen-bond donors (Lipinski definition) is 1. The number of nitrogens with one attached hydrogen (secondary N) is 1. The second-order valence-corrected chi connectivity index (χ2v) is 4.14. The van der Waals surface area contributed by atoms with Crippen LogP contribution < -0.4 is 10.1 Å². The summed E-state index contributed by atoms with van der Waals surface area (Å²) >= 11 is 0. The number of fused-ring (bicyclic) bond motifs is 1. The Kier molecular flexibility index (Phi) is 2.61. The fraction of sp³-hybridized carbons (Fsp3) is 0.455. The van der Waals surface area contributed by atoms with E-state index in [1.54, 1.807) is 12.1 Å². The normalized spacial score (nSPS) is 20.9. The van der Waals surface area contributed by atoms with Crippen molar-refractivity contribution in [3.63, 3.8) is 0 Å². The highest BCUT2D eigenvalue weighted by atomic mass is 35.5. The number of rotatable bonds is 0. The lowest BCUT2D eigenvalue weighted by molar-refractivity contribution is -0.00245. The van der Waals surface area contributed by atoms with Crippen LogP contribution in [-0.2, 0) is 6.42 Å². The summed E-state index contributed by atoms with van der Waals surface area (Å²) in [4.78, 5) is 0. The Morgan fingerprint density at radius 3 is 2.80 bits per heavy atom. The molecule has 0 unspecified atom stereocenters. The van der Waals surface area contributed by atoms with Gasteiger partial charge in [-0.2, -0.15) is 0 Å². The highest BCUT2D eigenvalue weighted by Gasteiger charge is 2.41. The van der Waals surface area contributed by atoms with E-state index in [1.165, 1.54) is 6.07 Å². The van der Waals surface area contributed by atoms with E-state index in [2.05, 4.69) is 5.32 Å². The van der Waals surface area contributed by atoms with E-state index in [-0.39, 0.29) is 23.8 Å². The van der Waals surface area contributed by atoms with Crippen LogP contribution >= 0.6 is 12.4 Å². The Morgan fingerprint density at radius 1 is 1.33 bits per heavy atom. The van der Waals surface area contributed by atoms with Gasteiger partial charge >= 0.3 is 0 Å². The van der Waals surface area contributed by atoms with Gasteiger partial charge in [0, 0.05) is 13.1 Å². The zero-order valence-electron chi connectivity index (χ0n) is 8.25. The molecule has 2 nitrogen and oxygen atoms in total. The number of aryl methyl sites for hydroxylation is 1. The van der Waals surface area contributed by atoms with E-state index < -0.39 is 0 Å². The van der Waals surface area contributed by atoms with Crippen LogP contribution in [-0.4, -0.2) is 18.7 Å². The molecule has 0 radical (unpaired) electrons. The zero-order chi connectivity index (χ0) is 9.60. The zero-order valence-corrected chi connectivity index (χ0v) is 9.07. The molecule has 2 aliphatic heterocycles. The van der Waals surface area contributed by atoms with Crippen molar-refractivity contribution in [3.05, 3.63) is 29.6 Å². The topological polar surface area (TPSA) is 21.3 Å². The number of halogens is 2. The highest BCUT2D eigenvalue weighted by Crippen LogP contribution is 2.35. The fourth-order valence-electron chi connectivity index (χ4n) is 2.14. The first-order chi connectivity index (χ1) is 6.77. The summed E-state index contributed by atoms with van der Waals surface area (Å²) in [5, 5.41) is 3.21. The van der Waals surface area contributed by atoms with Gasteiger partial charge in [0.2, 0.25) is 0 Å². The van der Waals surface area contributed by atoms with Gasteiger partial charge in [-0.25, -0.2) is 4.39 Å². The molecule has 4 heteroatoms. The second kappa shape index (κ2) is 3.65. The van der Waals surface area contributed by atoms with Crippen LogP contribution in [0, 0.1) is 5.82 Å². The number of ether oxygens (including phenoxy) is 1. The summed E-state index contributed by atoms with van der Waals surface area (Å²) in [7, 11) is 0. The van der Waals surface area contributed by atoms with Crippen LogP contribution in [0.2, 0.25) is 0 Å². The minimum absolute atomic E-state index is 0. The second-order valence-electron chi connectivity index (χ2n) is 4.14. The number of hydrogen-bond acceptors (Lipinski definition) is 2. The van der Waals surface area contributed by atoms with Crippen molar-refractivity contribution in [2.24, 2.45) is 0 Å². The minimum atomic E-state index is -0.171. The molecule has 3 rings (SSSR count). The van der Waals surface area contributed by atoms with Gasteiger partial charge in [0.05, 0.1) is 0 Å². The van der Waals surface area contributed by atoms with Gasteiger partial charge in [-0.05, 0) is 36.6 Å². The van der Waals surface area contributed by atoms with Gasteiger partial charge in [0.1, 0.15) is 17.2 Å². The molecule has 1 saturated heterocycles. The third-order valence-corrected chi connectivity index (χ3v) is 3.09. The summed E-state index contributed by atoms with van der Waals surface area (Å²) < 4.78 is 18.8. The van der Waals surface area contributed by atoms with Crippen molar-refractivity contribution >= 4 is 12.4 Å². The lowest BCUT2D eigenvalue weighted by atomic mass is 9.86. The van der Waals surface area contributed by atoms with Crippen LogP contribution in [0.3, 0.4) is 0 Å². The van der Waals surface area contributed by atoms with Crippen LogP contribution in [0.4, 0.5) is 4.39 Å². The Morgan fingerprint density at radius 2 is 2.13 bits per heavy atom. The lowest BCUT2D eigenvalue weighted by Gasteiger charge is -2.45. The monoisotopic (exact) mass is 229 g/mol. The van der Waals surface area contributed by atoms with Crippen molar-refractivity contribution in [1.82, 2.24) is 5.32 Å². The van der Waals surface area contributed by atoms with E-state index >= 15 is 0 Å². The first-order valence-electron chi connectivity index (χ1n) is 4.96. The molecule has 0 aliphatic carbocycles. The summed E-state index contributed by atoms with van der Waals surface area (Å²) in [5.41, 5.74) is 1.01. The maximum Gasteiger partial charge on any atom is 0.134 e. The average Bonchev–Trinajstić information content (AvgIpc) is 2.15. The van der Waals surface area contributed by atoms with E-state index in [0.29, 0.717) is 0 Å². The van der Waals surface area contributed by atoms with Crippen LogP contribution in [0.15, 0.2) is 18.2 Å². The fourth-order valence-corrected chi connectivity index (χ4v) is 2.14. The van der Waals surface area contributed by atoms with Crippen molar-refractivity contribution in [2.45, 2.75) is 18.4 Å². The van der Waals surface area contributed by atoms with Gasteiger partial charge in [-0.1, -0.05) is 0 Å². The minimum Gasteiger partial charge on any atom is -0.484 e. The molecule has 0 atom stereocenters. The summed E-state index contributed by atoms with van der Waals surface area (Å²) in [6.07, 6.45) is 1.92. The molecule has 2 heterocycles. The van der Waals surface area contributed by atoms with Crippen molar-refractivity contribution in [3.8, 4) is 5.75 Å². The molecule has 1 spiro atoms. The van der Waals surface area contributed by atoms with E-state index in [4.69, 9.17) is 4.74 Å². The standard InChI is InChI=1S/C11H12FNO.ClH/c12-9-1-2-10-8(5-9)3-4-11(14-10)6-13-7-11;/h1-2,5,13H,3-4,6-7H2;1H. The molecule has 0 saturated carbocycles. The van der Waals surface area contributed by atoms with Gasteiger partial charge < -0.3 is 10.1 Å². The van der Waals surface area contributed by atoms with Crippen LogP contribution in [0.1, 0.15) is 12.0 Å². The van der Waals surface area contributed by atoms with Gasteiger partial charge in [0.25, 0.3) is 0 Å². The Hall–Kier alpha value is -0.800. The summed E-state index contributed by atoms with van der Waals surface area (Å²) in [5.74, 6) is 0.689. The molecular formula is C11H13ClFNO. The highest BCUT2D eigenvalue weighted by molar-refractivity contribution is 5.85. The molecular weight excluding hydrogens is 217 g/mol. The maximum absolute atomic E-state index is 12.9. The SMILES string of the molecule is Cl.Fc1ccc2c(c1)CCC1(CNC1)O2. The molecule has 0 aromatic heterocycles. The largest absolute Gasteiger partial charge is 0.484 e. The Labute approximate surface area is 94.2 Å². The Bertz CT molecular complexity index is 379. The van der Waals surface area contributed by atoms with Gasteiger partial charge in [-0.15, -0.1) is 12.4 Å². The molecule has 1 N–H and O–H groups in total. The smallest absolute Gasteiger partial charge is 0.134 e. The molecule has 1 fully saturated rings. The molecule has 0 bridgehead atoms. The van der Waals surface area contributed by atoms with Crippen molar-refractivity contribution in [2.75, 3.05) is 13.1 Å². The Balaban J connectivity index is 0.000000853. The predicted molar refractivity (Wildman–Crippen MR) is 58.2 cm³/mol. The first kappa shape index (κ1) is 10.7.